The Labute approximate surface area is 164 Å². The highest BCUT2D eigenvalue weighted by Gasteiger charge is 2.29. The molecule has 2 unspecified atom stereocenters. The Hall–Kier alpha value is -2.88. The van der Waals surface area contributed by atoms with Gasteiger partial charge < -0.3 is 19.7 Å². The average Bonchev–Trinajstić information content (AvgIpc) is 2.64. The highest BCUT2D eigenvalue weighted by molar-refractivity contribution is 5.67. The number of nitriles is 2. The van der Waals surface area contributed by atoms with Gasteiger partial charge in [-0.3, -0.25) is 9.59 Å². The zero-order valence-electron chi connectivity index (χ0n) is 16.4. The molecule has 156 valence electrons. The van der Waals surface area contributed by atoms with E-state index in [-0.39, 0.29) is 38.9 Å². The van der Waals surface area contributed by atoms with Gasteiger partial charge in [0.1, 0.15) is 13.2 Å². The molecule has 0 bridgehead atoms. The molecule has 0 aliphatic rings. The SMILES string of the molecule is CC(CCCOC#N)(CCC(=O)O)N=NC(C)(CCCOC#N)CCC(=O)O. The summed E-state index contributed by atoms with van der Waals surface area (Å²) in [7, 11) is 0. The quantitative estimate of drug-likeness (QED) is 0.228. The summed E-state index contributed by atoms with van der Waals surface area (Å²) in [5, 5.41) is 43.6. The molecule has 28 heavy (non-hydrogen) atoms. The number of ether oxygens (including phenoxy) is 2. The molecule has 10 nitrogen and oxygen atoms in total. The number of nitrogens with zero attached hydrogens (tertiary/aromatic N) is 4. The fraction of sp³-hybridized carbons (Fsp3) is 0.778. The zero-order valence-corrected chi connectivity index (χ0v) is 16.4. The largest absolute Gasteiger partial charge is 0.481 e. The number of aliphatic carboxylic acids is 2. The monoisotopic (exact) mass is 396 g/mol. The van der Waals surface area contributed by atoms with Crippen molar-refractivity contribution in [1.82, 2.24) is 0 Å². The molecule has 2 atom stereocenters. The van der Waals surface area contributed by atoms with Crippen LogP contribution < -0.4 is 0 Å². The number of carbonyl (C=O) groups is 2. The van der Waals surface area contributed by atoms with Gasteiger partial charge in [-0.2, -0.15) is 20.8 Å². The van der Waals surface area contributed by atoms with Gasteiger partial charge in [-0.25, -0.2) is 0 Å². The molecule has 0 aliphatic heterocycles. The molecule has 10 heteroatoms. The molecular weight excluding hydrogens is 368 g/mol. The fourth-order valence-corrected chi connectivity index (χ4v) is 2.59. The second kappa shape index (κ2) is 13.3. The minimum absolute atomic E-state index is 0.0868. The lowest BCUT2D eigenvalue weighted by Crippen LogP contribution is -2.28. The number of rotatable bonds is 16. The van der Waals surface area contributed by atoms with Crippen molar-refractivity contribution in [2.75, 3.05) is 13.2 Å². The Bertz CT molecular complexity index is 560. The number of hydrogen-bond acceptors (Lipinski definition) is 8. The molecule has 0 saturated heterocycles. The van der Waals surface area contributed by atoms with E-state index in [1.54, 1.807) is 26.4 Å². The number of hydrogen-bond donors (Lipinski definition) is 2. The Balaban J connectivity index is 5.22. The topological polar surface area (TPSA) is 165 Å². The maximum atomic E-state index is 11.0. The maximum absolute atomic E-state index is 11.0. The third-order valence-electron chi connectivity index (χ3n) is 4.34. The summed E-state index contributed by atoms with van der Waals surface area (Å²) in [5.41, 5.74) is -1.55. The average molecular weight is 396 g/mol. The third kappa shape index (κ3) is 12.5. The van der Waals surface area contributed by atoms with Gasteiger partial charge in [0.25, 0.3) is 12.5 Å². The second-order valence-corrected chi connectivity index (χ2v) is 7.07. The normalized spacial score (nSPS) is 15.0. The van der Waals surface area contributed by atoms with Gasteiger partial charge in [-0.05, 0) is 52.4 Å². The standard InChI is InChI=1S/C18H28N4O6/c1-17(9-5-15(23)24,7-3-11-27-13-19)21-22-18(2,10-6-16(25)26)8-4-12-28-14-20/h3-12H2,1-2H3,(H,23,24)(H,25,26). The van der Waals surface area contributed by atoms with E-state index in [0.29, 0.717) is 25.7 Å². The van der Waals surface area contributed by atoms with Gasteiger partial charge in [0.2, 0.25) is 0 Å². The van der Waals surface area contributed by atoms with Crippen molar-refractivity contribution in [1.29, 1.82) is 10.5 Å². The van der Waals surface area contributed by atoms with Crippen LogP contribution in [0, 0.1) is 23.0 Å². The number of carboxylic acid groups (broad SMARTS) is 2. The van der Waals surface area contributed by atoms with E-state index in [1.165, 1.54) is 0 Å². The maximum Gasteiger partial charge on any atom is 0.303 e. The van der Waals surface area contributed by atoms with E-state index in [1.807, 2.05) is 0 Å². The van der Waals surface area contributed by atoms with Crippen molar-refractivity contribution < 1.29 is 29.3 Å². The summed E-state index contributed by atoms with van der Waals surface area (Å²) in [5.74, 6) is -1.89. The molecule has 0 aromatic rings. The lowest BCUT2D eigenvalue weighted by atomic mass is 9.90. The molecule has 0 heterocycles. The first-order valence-electron chi connectivity index (χ1n) is 9.06. The Morgan fingerprint density at radius 3 is 1.46 bits per heavy atom. The van der Waals surface area contributed by atoms with Crippen molar-refractivity contribution in [3.63, 3.8) is 0 Å². The molecule has 0 rings (SSSR count). The minimum atomic E-state index is -0.947. The van der Waals surface area contributed by atoms with Gasteiger partial charge in [-0.15, -0.1) is 0 Å². The van der Waals surface area contributed by atoms with E-state index in [4.69, 9.17) is 20.7 Å². The summed E-state index contributed by atoms with van der Waals surface area (Å²) < 4.78 is 9.30. The van der Waals surface area contributed by atoms with Crippen LogP contribution in [0.5, 0.6) is 0 Å². The van der Waals surface area contributed by atoms with Crippen LogP contribution in [0.1, 0.15) is 65.2 Å². The van der Waals surface area contributed by atoms with Crippen molar-refractivity contribution in [2.24, 2.45) is 10.2 Å². The van der Waals surface area contributed by atoms with E-state index in [2.05, 4.69) is 19.7 Å². The smallest absolute Gasteiger partial charge is 0.303 e. The Morgan fingerprint density at radius 2 is 1.18 bits per heavy atom. The molecule has 0 aromatic heterocycles. The Kier molecular flexibility index (Phi) is 11.9. The molecule has 0 aromatic carbocycles. The van der Waals surface area contributed by atoms with E-state index in [0.717, 1.165) is 0 Å². The van der Waals surface area contributed by atoms with Crippen LogP contribution in [0.2, 0.25) is 0 Å². The first-order valence-corrected chi connectivity index (χ1v) is 9.06. The molecule has 0 saturated carbocycles. The second-order valence-electron chi connectivity index (χ2n) is 7.07. The highest BCUT2D eigenvalue weighted by Crippen LogP contribution is 2.30. The summed E-state index contributed by atoms with van der Waals surface area (Å²) >= 11 is 0. The van der Waals surface area contributed by atoms with Crippen LogP contribution in [0.25, 0.3) is 0 Å². The molecule has 0 fully saturated rings. The molecular formula is C18H28N4O6. The van der Waals surface area contributed by atoms with Gasteiger partial charge in [0.15, 0.2) is 0 Å². The van der Waals surface area contributed by atoms with E-state index in [9.17, 15) is 9.59 Å². The number of azo groups is 1. The van der Waals surface area contributed by atoms with Crippen molar-refractivity contribution in [3.8, 4) is 12.5 Å². The van der Waals surface area contributed by atoms with Crippen molar-refractivity contribution >= 4 is 11.9 Å². The van der Waals surface area contributed by atoms with Gasteiger partial charge in [-0.1, -0.05) is 0 Å². The summed E-state index contributed by atoms with van der Waals surface area (Å²) in [6.07, 6.45) is 5.45. The highest BCUT2D eigenvalue weighted by atomic mass is 16.5. The predicted molar refractivity (Wildman–Crippen MR) is 97.0 cm³/mol. The number of carboxylic acids is 2. The van der Waals surface area contributed by atoms with Crippen LogP contribution in [0.15, 0.2) is 10.2 Å². The molecule has 0 radical (unpaired) electrons. The minimum Gasteiger partial charge on any atom is -0.481 e. The lowest BCUT2D eigenvalue weighted by Gasteiger charge is -2.28. The summed E-state index contributed by atoms with van der Waals surface area (Å²) in [6.45, 7) is 3.97. The van der Waals surface area contributed by atoms with E-state index >= 15 is 0 Å². The van der Waals surface area contributed by atoms with Crippen LogP contribution in [0.4, 0.5) is 0 Å². The van der Waals surface area contributed by atoms with Gasteiger partial charge >= 0.3 is 11.9 Å². The molecule has 0 amide bonds. The first kappa shape index (κ1) is 25.1. The third-order valence-corrected chi connectivity index (χ3v) is 4.34. The zero-order chi connectivity index (χ0) is 21.5. The lowest BCUT2D eigenvalue weighted by molar-refractivity contribution is -0.138. The predicted octanol–water partition coefficient (Wildman–Crippen LogP) is 3.24. The summed E-state index contributed by atoms with van der Waals surface area (Å²) in [6, 6.07) is 0. The van der Waals surface area contributed by atoms with Crippen LogP contribution in [-0.2, 0) is 19.1 Å². The van der Waals surface area contributed by atoms with Crippen LogP contribution in [0.3, 0.4) is 0 Å². The molecule has 0 spiro atoms. The van der Waals surface area contributed by atoms with E-state index < -0.39 is 23.0 Å². The van der Waals surface area contributed by atoms with Crippen LogP contribution in [-0.4, -0.2) is 46.4 Å². The van der Waals surface area contributed by atoms with Crippen LogP contribution >= 0.6 is 0 Å². The first-order chi connectivity index (χ1) is 13.2. The fourth-order valence-electron chi connectivity index (χ4n) is 2.59. The molecule has 0 aliphatic carbocycles. The Morgan fingerprint density at radius 1 is 0.821 bits per heavy atom. The van der Waals surface area contributed by atoms with Gasteiger partial charge in [0, 0.05) is 12.8 Å². The van der Waals surface area contributed by atoms with Gasteiger partial charge in [0.05, 0.1) is 11.1 Å². The van der Waals surface area contributed by atoms with Crippen molar-refractivity contribution in [2.45, 2.75) is 76.3 Å². The van der Waals surface area contributed by atoms with Crippen molar-refractivity contribution in [3.05, 3.63) is 0 Å². The summed E-state index contributed by atoms with van der Waals surface area (Å²) in [4.78, 5) is 21.9. The molecule has 2 N–H and O–H groups in total.